The highest BCUT2D eigenvalue weighted by Crippen LogP contribution is 2.47. The summed E-state index contributed by atoms with van der Waals surface area (Å²) in [5, 5.41) is 0.361. The summed E-state index contributed by atoms with van der Waals surface area (Å²) in [5.41, 5.74) is 0.461. The van der Waals surface area contributed by atoms with Crippen molar-refractivity contribution in [3.05, 3.63) is 59.0 Å². The van der Waals surface area contributed by atoms with E-state index in [1.807, 2.05) is 0 Å². The number of hydrogen-bond donors (Lipinski definition) is 1. The van der Waals surface area contributed by atoms with E-state index in [1.165, 1.54) is 6.26 Å². The standard InChI is InChI=1S/C15H14ClNO4S/c16-13-5-2-1-4-10(13)9-22(19,20)17-15(18)12-8-11(12)14-6-3-7-21-14/h1-7,11-12H,8-9H2,(H,17,18)/t11-,12+/m0/s1. The number of benzene rings is 1. The minimum absolute atomic E-state index is 0.0366. The Hall–Kier alpha value is -1.79. The molecular weight excluding hydrogens is 326 g/mol. The molecular formula is C15H14ClNO4S. The highest BCUT2D eigenvalue weighted by atomic mass is 35.5. The summed E-state index contributed by atoms with van der Waals surface area (Å²) in [6.45, 7) is 0. The number of furan rings is 1. The van der Waals surface area contributed by atoms with Crippen LogP contribution in [0, 0.1) is 5.92 Å². The van der Waals surface area contributed by atoms with Gasteiger partial charge in [-0.1, -0.05) is 29.8 Å². The Labute approximate surface area is 133 Å². The van der Waals surface area contributed by atoms with Gasteiger partial charge >= 0.3 is 0 Å². The molecule has 1 aliphatic rings. The number of carbonyl (C=O) groups is 1. The number of hydrogen-bond acceptors (Lipinski definition) is 4. The van der Waals surface area contributed by atoms with Crippen molar-refractivity contribution in [2.24, 2.45) is 5.92 Å². The van der Waals surface area contributed by atoms with Gasteiger partial charge in [0.25, 0.3) is 0 Å². The summed E-state index contributed by atoms with van der Waals surface area (Å²) in [7, 11) is -3.77. The van der Waals surface area contributed by atoms with Gasteiger partial charge in [0.05, 0.1) is 12.0 Å². The van der Waals surface area contributed by atoms with Crippen molar-refractivity contribution in [2.45, 2.75) is 18.1 Å². The van der Waals surface area contributed by atoms with E-state index in [9.17, 15) is 13.2 Å². The molecule has 116 valence electrons. The second-order valence-electron chi connectivity index (χ2n) is 5.28. The van der Waals surface area contributed by atoms with E-state index in [0.29, 0.717) is 22.8 Å². The molecule has 0 saturated heterocycles. The fourth-order valence-electron chi connectivity index (χ4n) is 2.39. The summed E-state index contributed by atoms with van der Waals surface area (Å²) in [4.78, 5) is 12.0. The normalized spacial score (nSPS) is 20.6. The van der Waals surface area contributed by atoms with E-state index in [4.69, 9.17) is 16.0 Å². The molecule has 0 spiro atoms. The summed E-state index contributed by atoms with van der Waals surface area (Å²) >= 11 is 5.94. The molecule has 0 radical (unpaired) electrons. The molecule has 1 N–H and O–H groups in total. The van der Waals surface area contributed by atoms with Crippen molar-refractivity contribution in [2.75, 3.05) is 0 Å². The molecule has 1 fully saturated rings. The molecule has 1 amide bonds. The summed E-state index contributed by atoms with van der Waals surface area (Å²) < 4.78 is 31.5. The molecule has 0 bridgehead atoms. The van der Waals surface area contributed by atoms with E-state index in [-0.39, 0.29) is 17.6 Å². The van der Waals surface area contributed by atoms with Crippen molar-refractivity contribution in [1.29, 1.82) is 0 Å². The van der Waals surface area contributed by atoms with Gasteiger partial charge in [-0.2, -0.15) is 0 Å². The molecule has 2 atom stereocenters. The Morgan fingerprint density at radius 2 is 2.05 bits per heavy atom. The quantitative estimate of drug-likeness (QED) is 0.908. The van der Waals surface area contributed by atoms with E-state index < -0.39 is 15.9 Å². The minimum Gasteiger partial charge on any atom is -0.469 e. The lowest BCUT2D eigenvalue weighted by Crippen LogP contribution is -2.33. The molecule has 3 rings (SSSR count). The summed E-state index contributed by atoms with van der Waals surface area (Å²) in [5.74, 6) is -0.494. The monoisotopic (exact) mass is 339 g/mol. The maximum Gasteiger partial charge on any atom is 0.239 e. The molecule has 2 aromatic rings. The van der Waals surface area contributed by atoms with Crippen LogP contribution in [-0.2, 0) is 20.6 Å². The maximum atomic E-state index is 12.1. The van der Waals surface area contributed by atoms with Crippen molar-refractivity contribution in [3.63, 3.8) is 0 Å². The topological polar surface area (TPSA) is 76.4 Å². The Kier molecular flexibility index (Phi) is 3.97. The Morgan fingerprint density at radius 1 is 1.27 bits per heavy atom. The third kappa shape index (κ3) is 3.34. The fraction of sp³-hybridized carbons (Fsp3) is 0.267. The van der Waals surface area contributed by atoms with Gasteiger partial charge in [0.1, 0.15) is 5.76 Å². The molecule has 22 heavy (non-hydrogen) atoms. The molecule has 5 nitrogen and oxygen atoms in total. The van der Waals surface area contributed by atoms with E-state index in [0.717, 1.165) is 0 Å². The van der Waals surface area contributed by atoms with Crippen LogP contribution in [0.2, 0.25) is 5.02 Å². The second kappa shape index (κ2) is 5.78. The van der Waals surface area contributed by atoms with Gasteiger partial charge in [-0.05, 0) is 30.2 Å². The van der Waals surface area contributed by atoms with Gasteiger partial charge in [0.15, 0.2) is 0 Å². The number of nitrogens with one attached hydrogen (secondary N) is 1. The van der Waals surface area contributed by atoms with Crippen LogP contribution in [0.5, 0.6) is 0 Å². The SMILES string of the molecule is O=C(NS(=O)(=O)Cc1ccccc1Cl)[C@@H]1C[C@@H]1c1ccco1. The van der Waals surface area contributed by atoms with Crippen molar-refractivity contribution in [3.8, 4) is 0 Å². The number of amides is 1. The number of rotatable bonds is 5. The van der Waals surface area contributed by atoms with Crippen LogP contribution in [0.25, 0.3) is 0 Å². The van der Waals surface area contributed by atoms with Gasteiger partial charge in [-0.15, -0.1) is 0 Å². The predicted molar refractivity (Wildman–Crippen MR) is 81.8 cm³/mol. The zero-order valence-electron chi connectivity index (χ0n) is 11.5. The lowest BCUT2D eigenvalue weighted by Gasteiger charge is -2.07. The average Bonchev–Trinajstić information content (AvgIpc) is 3.07. The molecule has 0 unspecified atom stereocenters. The van der Waals surface area contributed by atoms with Crippen LogP contribution in [0.4, 0.5) is 0 Å². The molecule has 1 aromatic heterocycles. The molecule has 1 saturated carbocycles. The fourth-order valence-corrected chi connectivity index (χ4v) is 3.86. The Balaban J connectivity index is 1.63. The molecule has 1 aromatic carbocycles. The van der Waals surface area contributed by atoms with Gasteiger partial charge in [-0.25, -0.2) is 8.42 Å². The first-order valence-electron chi connectivity index (χ1n) is 6.77. The third-order valence-corrected chi connectivity index (χ3v) is 5.17. The van der Waals surface area contributed by atoms with Crippen molar-refractivity contribution >= 4 is 27.5 Å². The largest absolute Gasteiger partial charge is 0.469 e. The lowest BCUT2D eigenvalue weighted by atomic mass is 10.2. The smallest absolute Gasteiger partial charge is 0.239 e. The zero-order valence-corrected chi connectivity index (χ0v) is 13.1. The van der Waals surface area contributed by atoms with Crippen LogP contribution < -0.4 is 4.72 Å². The zero-order chi connectivity index (χ0) is 15.7. The highest BCUT2D eigenvalue weighted by molar-refractivity contribution is 7.89. The summed E-state index contributed by atoms with van der Waals surface area (Å²) in [6.07, 6.45) is 2.14. The number of carbonyl (C=O) groups excluding carboxylic acids is 1. The number of sulfonamides is 1. The first kappa shape index (κ1) is 15.1. The molecule has 7 heteroatoms. The van der Waals surface area contributed by atoms with Crippen molar-refractivity contribution < 1.29 is 17.6 Å². The average molecular weight is 340 g/mol. The van der Waals surface area contributed by atoms with E-state index in [1.54, 1.807) is 36.4 Å². The lowest BCUT2D eigenvalue weighted by molar-refractivity contribution is -0.120. The maximum absolute atomic E-state index is 12.1. The van der Waals surface area contributed by atoms with Crippen LogP contribution in [-0.4, -0.2) is 14.3 Å². The van der Waals surface area contributed by atoms with Gasteiger partial charge < -0.3 is 4.42 Å². The van der Waals surface area contributed by atoms with Crippen LogP contribution in [0.3, 0.4) is 0 Å². The van der Waals surface area contributed by atoms with Gasteiger partial charge in [-0.3, -0.25) is 9.52 Å². The number of halogens is 1. The van der Waals surface area contributed by atoms with Gasteiger partial charge in [0, 0.05) is 16.9 Å². The summed E-state index contributed by atoms with van der Waals surface area (Å²) in [6, 6.07) is 10.2. The van der Waals surface area contributed by atoms with Crippen LogP contribution >= 0.6 is 11.6 Å². The van der Waals surface area contributed by atoms with E-state index in [2.05, 4.69) is 4.72 Å². The van der Waals surface area contributed by atoms with Crippen LogP contribution in [0.15, 0.2) is 47.1 Å². The predicted octanol–water partition coefficient (Wildman–Crippen LogP) is 2.68. The molecule has 1 aliphatic carbocycles. The Bertz CT molecular complexity index is 786. The highest BCUT2D eigenvalue weighted by Gasteiger charge is 2.46. The van der Waals surface area contributed by atoms with Gasteiger partial charge in [0.2, 0.25) is 15.9 Å². The van der Waals surface area contributed by atoms with Crippen LogP contribution in [0.1, 0.15) is 23.7 Å². The second-order valence-corrected chi connectivity index (χ2v) is 7.41. The Morgan fingerprint density at radius 3 is 2.73 bits per heavy atom. The first-order chi connectivity index (χ1) is 10.5. The van der Waals surface area contributed by atoms with Crippen molar-refractivity contribution in [1.82, 2.24) is 4.72 Å². The third-order valence-electron chi connectivity index (χ3n) is 3.60. The molecule has 0 aliphatic heterocycles. The van der Waals surface area contributed by atoms with E-state index >= 15 is 0 Å². The minimum atomic E-state index is -3.77. The molecule has 1 heterocycles. The first-order valence-corrected chi connectivity index (χ1v) is 8.80.